The summed E-state index contributed by atoms with van der Waals surface area (Å²) in [6.45, 7) is 12.1. The second-order valence-electron chi connectivity index (χ2n) is 6.15. The first-order valence-corrected chi connectivity index (χ1v) is 9.23. The zero-order valence-corrected chi connectivity index (χ0v) is 15.1. The van der Waals surface area contributed by atoms with Crippen LogP contribution in [0.1, 0.15) is 66.2 Å². The highest BCUT2D eigenvalue weighted by molar-refractivity contribution is 5.58. The smallest absolute Gasteiger partial charge is 0.142 e. The Morgan fingerprint density at radius 2 is 1.59 bits per heavy atom. The van der Waals surface area contributed by atoms with Crippen molar-refractivity contribution in [1.82, 2.24) is 0 Å². The maximum Gasteiger partial charge on any atom is 0.142 e. The van der Waals surface area contributed by atoms with E-state index in [0.29, 0.717) is 0 Å². The summed E-state index contributed by atoms with van der Waals surface area (Å²) in [7, 11) is 0. The van der Waals surface area contributed by atoms with Crippen molar-refractivity contribution in [3.63, 3.8) is 0 Å². The Morgan fingerprint density at radius 1 is 0.909 bits per heavy atom. The van der Waals surface area contributed by atoms with E-state index in [1.807, 2.05) is 0 Å². The second-order valence-corrected chi connectivity index (χ2v) is 6.15. The average Bonchev–Trinajstić information content (AvgIpc) is 2.54. The fourth-order valence-corrected chi connectivity index (χ4v) is 3.03. The first-order valence-electron chi connectivity index (χ1n) is 9.23. The molecule has 1 atom stereocenters. The summed E-state index contributed by atoms with van der Waals surface area (Å²) >= 11 is 0. The molecule has 0 aliphatic carbocycles. The number of para-hydroxylation sites is 2. The summed E-state index contributed by atoms with van der Waals surface area (Å²) in [6, 6.07) is 8.52. The van der Waals surface area contributed by atoms with E-state index >= 15 is 0 Å². The predicted molar refractivity (Wildman–Crippen MR) is 98.0 cm³/mol. The highest BCUT2D eigenvalue weighted by Gasteiger charge is 2.11. The number of ether oxygens (including phenoxy) is 1. The van der Waals surface area contributed by atoms with E-state index in [0.717, 1.165) is 31.4 Å². The molecule has 0 heterocycles. The zero-order chi connectivity index (χ0) is 16.2. The van der Waals surface area contributed by atoms with Crippen molar-refractivity contribution in [3.8, 4) is 5.75 Å². The van der Waals surface area contributed by atoms with E-state index in [1.165, 1.54) is 44.2 Å². The van der Waals surface area contributed by atoms with Crippen molar-refractivity contribution < 1.29 is 4.74 Å². The number of anilines is 1. The molecule has 2 heteroatoms. The van der Waals surface area contributed by atoms with Crippen LogP contribution in [0.4, 0.5) is 5.69 Å². The Labute approximate surface area is 137 Å². The molecule has 0 bridgehead atoms. The fourth-order valence-electron chi connectivity index (χ4n) is 3.03. The minimum atomic E-state index is 0.805. The third kappa shape index (κ3) is 6.29. The molecule has 1 aromatic rings. The van der Waals surface area contributed by atoms with Crippen LogP contribution in [0.5, 0.6) is 5.75 Å². The first kappa shape index (κ1) is 18.9. The van der Waals surface area contributed by atoms with Crippen molar-refractivity contribution in [3.05, 3.63) is 24.3 Å². The molecule has 0 saturated heterocycles. The maximum atomic E-state index is 6.15. The van der Waals surface area contributed by atoms with Gasteiger partial charge in [0.05, 0.1) is 12.3 Å². The maximum absolute atomic E-state index is 6.15. The molecular weight excluding hydrogens is 270 g/mol. The lowest BCUT2D eigenvalue weighted by Crippen LogP contribution is -2.25. The highest BCUT2D eigenvalue weighted by Crippen LogP contribution is 2.29. The molecule has 0 fully saturated rings. The van der Waals surface area contributed by atoms with Gasteiger partial charge in [-0.1, -0.05) is 59.1 Å². The third-order valence-corrected chi connectivity index (χ3v) is 4.25. The Morgan fingerprint density at radius 3 is 2.18 bits per heavy atom. The summed E-state index contributed by atoms with van der Waals surface area (Å²) in [6.07, 6.45) is 7.36. The van der Waals surface area contributed by atoms with Crippen molar-refractivity contribution in [2.75, 3.05) is 24.6 Å². The lowest BCUT2D eigenvalue weighted by molar-refractivity contribution is 0.268. The van der Waals surface area contributed by atoms with Gasteiger partial charge in [0.1, 0.15) is 5.75 Å². The molecule has 1 aromatic carbocycles. The monoisotopic (exact) mass is 305 g/mol. The molecule has 0 N–H and O–H groups in total. The van der Waals surface area contributed by atoms with E-state index in [9.17, 15) is 0 Å². The van der Waals surface area contributed by atoms with Crippen LogP contribution in [0.2, 0.25) is 0 Å². The number of benzene rings is 1. The van der Waals surface area contributed by atoms with Crippen LogP contribution >= 0.6 is 0 Å². The van der Waals surface area contributed by atoms with E-state index in [2.05, 4.69) is 56.9 Å². The molecule has 0 amide bonds. The Bertz CT molecular complexity index is 385. The molecular formula is C20H35NO. The highest BCUT2D eigenvalue weighted by atomic mass is 16.5. The minimum Gasteiger partial charge on any atom is -0.491 e. The van der Waals surface area contributed by atoms with Crippen molar-refractivity contribution in [1.29, 1.82) is 0 Å². The lowest BCUT2D eigenvalue weighted by atomic mass is 9.98. The molecule has 22 heavy (non-hydrogen) atoms. The molecule has 0 aliphatic heterocycles. The lowest BCUT2D eigenvalue weighted by Gasteiger charge is -2.26. The summed E-state index contributed by atoms with van der Waals surface area (Å²) in [5, 5.41) is 0. The SMILES string of the molecule is CCCC(CC)CCOc1ccccc1N(CCC)CCC. The van der Waals surface area contributed by atoms with Crippen molar-refractivity contribution in [2.45, 2.75) is 66.2 Å². The topological polar surface area (TPSA) is 12.5 Å². The van der Waals surface area contributed by atoms with Crippen LogP contribution < -0.4 is 9.64 Å². The summed E-state index contributed by atoms with van der Waals surface area (Å²) in [4.78, 5) is 2.46. The van der Waals surface area contributed by atoms with Gasteiger partial charge in [0.15, 0.2) is 0 Å². The van der Waals surface area contributed by atoms with Gasteiger partial charge < -0.3 is 9.64 Å². The van der Waals surface area contributed by atoms with E-state index in [4.69, 9.17) is 4.74 Å². The van der Waals surface area contributed by atoms with Gasteiger partial charge in [-0.05, 0) is 37.3 Å². The number of nitrogens with zero attached hydrogens (tertiary/aromatic N) is 1. The van der Waals surface area contributed by atoms with Crippen LogP contribution in [0, 0.1) is 5.92 Å². The van der Waals surface area contributed by atoms with Gasteiger partial charge in [0, 0.05) is 13.1 Å². The quantitative estimate of drug-likeness (QED) is 0.476. The molecule has 0 saturated carbocycles. The van der Waals surface area contributed by atoms with Gasteiger partial charge in [0.2, 0.25) is 0 Å². The van der Waals surface area contributed by atoms with E-state index < -0.39 is 0 Å². The van der Waals surface area contributed by atoms with Crippen molar-refractivity contribution in [2.24, 2.45) is 5.92 Å². The molecule has 0 radical (unpaired) electrons. The summed E-state index contributed by atoms with van der Waals surface area (Å²) < 4.78 is 6.15. The van der Waals surface area contributed by atoms with Crippen LogP contribution in [-0.2, 0) is 0 Å². The molecule has 0 aliphatic rings. The molecule has 0 aromatic heterocycles. The minimum absolute atomic E-state index is 0.805. The van der Waals surface area contributed by atoms with E-state index in [1.54, 1.807) is 0 Å². The average molecular weight is 306 g/mol. The zero-order valence-electron chi connectivity index (χ0n) is 15.1. The molecule has 1 rings (SSSR count). The molecule has 126 valence electrons. The van der Waals surface area contributed by atoms with Gasteiger partial charge >= 0.3 is 0 Å². The molecule has 2 nitrogen and oxygen atoms in total. The van der Waals surface area contributed by atoms with Crippen LogP contribution in [0.15, 0.2) is 24.3 Å². The number of hydrogen-bond acceptors (Lipinski definition) is 2. The Kier molecular flexibility index (Phi) is 9.77. The van der Waals surface area contributed by atoms with Crippen LogP contribution in [-0.4, -0.2) is 19.7 Å². The number of rotatable bonds is 12. The first-order chi connectivity index (χ1) is 10.8. The number of hydrogen-bond donors (Lipinski definition) is 0. The molecule has 0 spiro atoms. The largest absolute Gasteiger partial charge is 0.491 e. The van der Waals surface area contributed by atoms with Gasteiger partial charge in [-0.3, -0.25) is 0 Å². The van der Waals surface area contributed by atoms with Gasteiger partial charge in [0.25, 0.3) is 0 Å². The Hall–Kier alpha value is -1.18. The van der Waals surface area contributed by atoms with E-state index in [-0.39, 0.29) is 0 Å². The standard InChI is InChI=1S/C20H35NO/c1-5-11-18(8-4)14-17-22-20-13-10-9-12-19(20)21(15-6-2)16-7-3/h9-10,12-13,18H,5-8,11,14-17H2,1-4H3. The molecule has 1 unspecified atom stereocenters. The van der Waals surface area contributed by atoms with Gasteiger partial charge in [-0.15, -0.1) is 0 Å². The van der Waals surface area contributed by atoms with Crippen LogP contribution in [0.3, 0.4) is 0 Å². The van der Waals surface area contributed by atoms with Crippen molar-refractivity contribution >= 4 is 5.69 Å². The Balaban J connectivity index is 2.66. The predicted octanol–water partition coefficient (Wildman–Crippen LogP) is 5.91. The second kappa shape index (κ2) is 11.4. The summed E-state index contributed by atoms with van der Waals surface area (Å²) in [5.41, 5.74) is 1.26. The fraction of sp³-hybridized carbons (Fsp3) is 0.700. The van der Waals surface area contributed by atoms with Crippen LogP contribution in [0.25, 0.3) is 0 Å². The summed E-state index contributed by atoms with van der Waals surface area (Å²) in [5.74, 6) is 1.86. The van der Waals surface area contributed by atoms with Gasteiger partial charge in [-0.25, -0.2) is 0 Å². The normalized spacial score (nSPS) is 12.2. The third-order valence-electron chi connectivity index (χ3n) is 4.25. The van der Waals surface area contributed by atoms with Gasteiger partial charge in [-0.2, -0.15) is 0 Å².